The second-order valence-corrected chi connectivity index (χ2v) is 8.02. The Morgan fingerprint density at radius 3 is 2.44 bits per heavy atom. The molecular weight excluding hydrogens is 408 g/mol. The van der Waals surface area contributed by atoms with Crippen LogP contribution in [-0.4, -0.2) is 38.5 Å². The summed E-state index contributed by atoms with van der Waals surface area (Å²) in [4.78, 5) is 41.9. The van der Waals surface area contributed by atoms with Crippen LogP contribution >= 0.6 is 0 Å². The Balaban J connectivity index is 1.74. The van der Waals surface area contributed by atoms with Crippen molar-refractivity contribution in [2.45, 2.75) is 59.6 Å². The van der Waals surface area contributed by atoms with E-state index in [4.69, 9.17) is 4.74 Å². The van der Waals surface area contributed by atoms with Gasteiger partial charge in [0, 0.05) is 29.4 Å². The minimum absolute atomic E-state index is 0.0753. The molecule has 0 saturated carbocycles. The zero-order chi connectivity index (χ0) is 23.4. The number of benzene rings is 1. The number of hydrogen-bond acceptors (Lipinski definition) is 6. The van der Waals surface area contributed by atoms with E-state index in [1.165, 1.54) is 0 Å². The fraction of sp³-hybridized carbons (Fsp3) is 0.375. The van der Waals surface area contributed by atoms with Gasteiger partial charge in [0.2, 0.25) is 11.7 Å². The number of aryl methyl sites for hydroxylation is 1. The van der Waals surface area contributed by atoms with Crippen LogP contribution in [0.1, 0.15) is 73.0 Å². The molecule has 3 rings (SSSR count). The van der Waals surface area contributed by atoms with Crippen molar-refractivity contribution < 1.29 is 19.1 Å². The average molecular weight is 437 g/mol. The summed E-state index contributed by atoms with van der Waals surface area (Å²) in [6, 6.07) is 8.25. The Labute approximate surface area is 187 Å². The van der Waals surface area contributed by atoms with E-state index in [-0.39, 0.29) is 17.7 Å². The zero-order valence-electron chi connectivity index (χ0n) is 19.0. The first-order valence-electron chi connectivity index (χ1n) is 10.7. The van der Waals surface area contributed by atoms with Crippen LogP contribution in [0, 0.1) is 6.92 Å². The van der Waals surface area contributed by atoms with E-state index >= 15 is 0 Å². The molecule has 0 aliphatic carbocycles. The highest BCUT2D eigenvalue weighted by molar-refractivity contribution is 6.05. The molecule has 32 heavy (non-hydrogen) atoms. The molecule has 8 heteroatoms. The van der Waals surface area contributed by atoms with Crippen molar-refractivity contribution in [3.05, 3.63) is 53.3 Å². The van der Waals surface area contributed by atoms with E-state index in [2.05, 4.69) is 15.4 Å². The molecular formula is C24H28N4O4. The third-order valence-corrected chi connectivity index (χ3v) is 4.99. The number of Topliss-reactive ketones (excluding diaryl/α,β-unsaturated/α-hetero) is 1. The summed E-state index contributed by atoms with van der Waals surface area (Å²) >= 11 is 0. The third-order valence-electron chi connectivity index (χ3n) is 4.99. The molecule has 168 valence electrons. The SMILES string of the molecule is CCCC(=O)Nc1ccc(C(=O)C(C)OC(=O)c2cc(C)nc3c2cnn3C(C)C)cc1. The number of ketones is 1. The Morgan fingerprint density at radius 2 is 1.81 bits per heavy atom. The van der Waals surface area contributed by atoms with Crippen LogP contribution in [0.5, 0.6) is 0 Å². The number of amides is 1. The van der Waals surface area contributed by atoms with Crippen LogP contribution < -0.4 is 5.32 Å². The number of ether oxygens (including phenoxy) is 1. The van der Waals surface area contributed by atoms with Gasteiger partial charge < -0.3 is 10.1 Å². The molecule has 0 bridgehead atoms. The monoisotopic (exact) mass is 436 g/mol. The number of nitrogens with zero attached hydrogens (tertiary/aromatic N) is 3. The van der Waals surface area contributed by atoms with Crippen molar-refractivity contribution >= 4 is 34.4 Å². The summed E-state index contributed by atoms with van der Waals surface area (Å²) in [7, 11) is 0. The van der Waals surface area contributed by atoms with E-state index in [9.17, 15) is 14.4 Å². The smallest absolute Gasteiger partial charge is 0.339 e. The predicted molar refractivity (Wildman–Crippen MR) is 122 cm³/mol. The van der Waals surface area contributed by atoms with Gasteiger partial charge in [0.1, 0.15) is 0 Å². The van der Waals surface area contributed by atoms with Crippen molar-refractivity contribution in [1.29, 1.82) is 0 Å². The molecule has 3 aromatic rings. The summed E-state index contributed by atoms with van der Waals surface area (Å²) in [5.41, 5.74) is 2.59. The molecule has 0 saturated heterocycles. The highest BCUT2D eigenvalue weighted by Gasteiger charge is 2.23. The van der Waals surface area contributed by atoms with E-state index in [0.29, 0.717) is 40.0 Å². The largest absolute Gasteiger partial charge is 0.451 e. The highest BCUT2D eigenvalue weighted by Crippen LogP contribution is 2.22. The van der Waals surface area contributed by atoms with Gasteiger partial charge in [-0.05, 0) is 64.4 Å². The maximum absolute atomic E-state index is 12.9. The average Bonchev–Trinajstić information content (AvgIpc) is 3.17. The summed E-state index contributed by atoms with van der Waals surface area (Å²) in [6.45, 7) is 9.23. The number of esters is 1. The number of pyridine rings is 1. The number of carbonyl (C=O) groups excluding carboxylic acids is 3. The third kappa shape index (κ3) is 5.01. The normalized spacial score (nSPS) is 12.1. The van der Waals surface area contributed by atoms with Crippen molar-refractivity contribution in [3.8, 4) is 0 Å². The van der Waals surface area contributed by atoms with E-state index < -0.39 is 12.1 Å². The number of anilines is 1. The van der Waals surface area contributed by atoms with E-state index in [1.54, 1.807) is 55.1 Å². The van der Waals surface area contributed by atoms with Crippen LogP contribution in [0.2, 0.25) is 0 Å². The summed E-state index contributed by atoms with van der Waals surface area (Å²) in [5, 5.41) is 7.69. The lowest BCUT2D eigenvalue weighted by atomic mass is 10.1. The topological polar surface area (TPSA) is 103 Å². The number of aromatic nitrogens is 3. The number of fused-ring (bicyclic) bond motifs is 1. The van der Waals surface area contributed by atoms with Gasteiger partial charge in [0.05, 0.1) is 17.1 Å². The first-order valence-corrected chi connectivity index (χ1v) is 10.7. The molecule has 1 N–H and O–H groups in total. The number of nitrogens with one attached hydrogen (secondary N) is 1. The molecule has 2 aromatic heterocycles. The minimum atomic E-state index is -0.980. The van der Waals surface area contributed by atoms with Crippen LogP contribution in [0.4, 0.5) is 5.69 Å². The van der Waals surface area contributed by atoms with Gasteiger partial charge in [-0.2, -0.15) is 5.10 Å². The lowest BCUT2D eigenvalue weighted by Crippen LogP contribution is -2.24. The molecule has 0 fully saturated rings. The fourth-order valence-electron chi connectivity index (χ4n) is 3.37. The lowest BCUT2D eigenvalue weighted by molar-refractivity contribution is -0.116. The molecule has 2 heterocycles. The predicted octanol–water partition coefficient (Wildman–Crippen LogP) is 4.49. The zero-order valence-corrected chi connectivity index (χ0v) is 19.0. The van der Waals surface area contributed by atoms with Crippen LogP contribution in [0.25, 0.3) is 11.0 Å². The van der Waals surface area contributed by atoms with E-state index in [0.717, 1.165) is 6.42 Å². The Kier molecular flexibility index (Phi) is 7.02. The fourth-order valence-corrected chi connectivity index (χ4v) is 3.37. The molecule has 0 aliphatic rings. The number of carbonyl (C=O) groups is 3. The highest BCUT2D eigenvalue weighted by atomic mass is 16.5. The van der Waals surface area contributed by atoms with Crippen molar-refractivity contribution in [1.82, 2.24) is 14.8 Å². The minimum Gasteiger partial charge on any atom is -0.451 e. The first-order chi connectivity index (χ1) is 15.2. The van der Waals surface area contributed by atoms with Gasteiger partial charge in [-0.1, -0.05) is 6.92 Å². The van der Waals surface area contributed by atoms with Gasteiger partial charge in [-0.3, -0.25) is 9.59 Å². The quantitative estimate of drug-likeness (QED) is 0.412. The maximum atomic E-state index is 12.9. The molecule has 0 radical (unpaired) electrons. The number of hydrogen-bond donors (Lipinski definition) is 1. The summed E-state index contributed by atoms with van der Waals surface area (Å²) < 4.78 is 7.23. The molecule has 1 unspecified atom stereocenters. The van der Waals surface area contributed by atoms with E-state index in [1.807, 2.05) is 20.8 Å². The van der Waals surface area contributed by atoms with Crippen molar-refractivity contribution in [3.63, 3.8) is 0 Å². The molecule has 1 amide bonds. The maximum Gasteiger partial charge on any atom is 0.339 e. The standard InChI is InChI=1S/C24H28N4O4/c1-6-7-21(29)27-18-10-8-17(9-11-18)22(30)16(5)32-24(31)19-12-15(4)26-23-20(19)13-25-28(23)14(2)3/h8-14,16H,6-7H2,1-5H3,(H,27,29). The Hall–Kier alpha value is -3.55. The van der Waals surface area contributed by atoms with Crippen molar-refractivity contribution in [2.75, 3.05) is 5.32 Å². The van der Waals surface area contributed by atoms with Crippen LogP contribution in [0.15, 0.2) is 36.5 Å². The summed E-state index contributed by atoms with van der Waals surface area (Å²) in [6.07, 6.45) is 1.81. The first kappa shape index (κ1) is 23.1. The number of rotatable bonds is 8. The van der Waals surface area contributed by atoms with Crippen LogP contribution in [0.3, 0.4) is 0 Å². The van der Waals surface area contributed by atoms with Crippen LogP contribution in [-0.2, 0) is 9.53 Å². The second-order valence-electron chi connectivity index (χ2n) is 8.02. The van der Waals surface area contributed by atoms with Crippen molar-refractivity contribution in [2.24, 2.45) is 0 Å². The molecule has 8 nitrogen and oxygen atoms in total. The molecule has 0 spiro atoms. The molecule has 0 aliphatic heterocycles. The lowest BCUT2D eigenvalue weighted by Gasteiger charge is -2.14. The Bertz CT molecular complexity index is 1150. The van der Waals surface area contributed by atoms with Gasteiger partial charge in [0.15, 0.2) is 11.8 Å². The van der Waals surface area contributed by atoms with Gasteiger partial charge >= 0.3 is 5.97 Å². The Morgan fingerprint density at radius 1 is 1.12 bits per heavy atom. The summed E-state index contributed by atoms with van der Waals surface area (Å²) in [5.74, 6) is -1.01. The second kappa shape index (κ2) is 9.72. The molecule has 1 aromatic carbocycles. The van der Waals surface area contributed by atoms with Gasteiger partial charge in [-0.15, -0.1) is 0 Å². The molecule has 1 atom stereocenters. The van der Waals surface area contributed by atoms with Gasteiger partial charge in [-0.25, -0.2) is 14.5 Å². The van der Waals surface area contributed by atoms with Gasteiger partial charge in [0.25, 0.3) is 0 Å².